The lowest BCUT2D eigenvalue weighted by atomic mass is 9.97. The number of aliphatic imine (C=N–C) groups is 1. The van der Waals surface area contributed by atoms with E-state index in [-0.39, 0.29) is 11.9 Å². The van der Waals surface area contributed by atoms with E-state index in [0.29, 0.717) is 121 Å². The first kappa shape index (κ1) is 35.3. The quantitative estimate of drug-likeness (QED) is 0.122. The second kappa shape index (κ2) is 17.4. The van der Waals surface area contributed by atoms with Crippen LogP contribution in [0.25, 0.3) is 22.4 Å². The molecule has 0 spiro atoms. The minimum atomic E-state index is 0.0880. The largest absolute Gasteiger partial charge is 0.424 e. The summed E-state index contributed by atoms with van der Waals surface area (Å²) in [7, 11) is 0. The number of nitrogen functional groups attached to an aromatic ring is 1. The highest BCUT2D eigenvalue weighted by Crippen LogP contribution is 2.33. The van der Waals surface area contributed by atoms with Crippen LogP contribution in [-0.2, 0) is 48.0 Å². The summed E-state index contributed by atoms with van der Waals surface area (Å²) in [5.74, 6) is 1.34. The van der Waals surface area contributed by atoms with Gasteiger partial charge in [-0.05, 0) is 48.2 Å². The minimum Gasteiger partial charge on any atom is -0.424 e. The molecule has 0 unspecified atom stereocenters. The monoisotopic (exact) mass is 690 g/mol. The van der Waals surface area contributed by atoms with Crippen molar-refractivity contribution in [2.75, 3.05) is 90.3 Å². The zero-order chi connectivity index (χ0) is 34.7. The van der Waals surface area contributed by atoms with E-state index in [0.717, 1.165) is 34.5 Å². The number of nitrogens with zero attached hydrogens (tertiary/aromatic N) is 5. The van der Waals surface area contributed by atoms with E-state index in [4.69, 9.17) is 44.7 Å². The summed E-state index contributed by atoms with van der Waals surface area (Å²) in [6, 6.07) is 12.2. The van der Waals surface area contributed by atoms with Crippen LogP contribution in [0.15, 0.2) is 45.8 Å². The first-order chi connectivity index (χ1) is 24.5. The molecule has 6 rings (SSSR count). The number of hydrogen-bond acceptors (Lipinski definition) is 13. The van der Waals surface area contributed by atoms with E-state index >= 15 is 0 Å². The van der Waals surface area contributed by atoms with Crippen LogP contribution in [0.2, 0.25) is 0 Å². The highest BCUT2D eigenvalue weighted by molar-refractivity contribution is 6.08. The highest BCUT2D eigenvalue weighted by atomic mass is 16.6. The van der Waals surface area contributed by atoms with Gasteiger partial charge in [-0.15, -0.1) is 0 Å². The van der Waals surface area contributed by atoms with Crippen LogP contribution in [0.4, 0.5) is 11.8 Å². The maximum atomic E-state index is 12.9. The Labute approximate surface area is 290 Å². The number of hydrogen-bond donors (Lipinski definition) is 3. The van der Waals surface area contributed by atoms with Gasteiger partial charge in [-0.1, -0.05) is 18.2 Å². The van der Waals surface area contributed by atoms with Crippen LogP contribution >= 0.6 is 0 Å². The van der Waals surface area contributed by atoms with Gasteiger partial charge < -0.3 is 49.8 Å². The highest BCUT2D eigenvalue weighted by Gasteiger charge is 2.26. The zero-order valence-corrected chi connectivity index (χ0v) is 28.5. The van der Waals surface area contributed by atoms with E-state index in [2.05, 4.69) is 33.5 Å². The average molecular weight is 691 g/mol. The van der Waals surface area contributed by atoms with Gasteiger partial charge in [0.1, 0.15) is 29.5 Å². The molecule has 2 aromatic heterocycles. The van der Waals surface area contributed by atoms with Crippen molar-refractivity contribution in [2.45, 2.75) is 32.9 Å². The molecular formula is C35H46N8O7. The number of oxazole rings is 1. The van der Waals surface area contributed by atoms with E-state index in [9.17, 15) is 4.79 Å². The van der Waals surface area contributed by atoms with Crippen molar-refractivity contribution in [1.82, 2.24) is 19.7 Å². The fourth-order valence-electron chi connectivity index (χ4n) is 6.00. The number of nitrogens with two attached hydrogens (primary N) is 2. The summed E-state index contributed by atoms with van der Waals surface area (Å²) in [5.41, 5.74) is 19.2. The molecule has 50 heavy (non-hydrogen) atoms. The summed E-state index contributed by atoms with van der Waals surface area (Å²) in [6.45, 7) is 9.28. The molecule has 0 saturated heterocycles. The normalized spacial score (nSPS) is 14.0. The third kappa shape index (κ3) is 8.97. The predicted octanol–water partition coefficient (Wildman–Crippen LogP) is 2.79. The lowest BCUT2D eigenvalue weighted by Gasteiger charge is -2.29. The lowest BCUT2D eigenvalue weighted by molar-refractivity contribution is -0.133. The molecule has 1 amide bonds. The third-order valence-corrected chi connectivity index (χ3v) is 8.50. The molecule has 15 nitrogen and oxygen atoms in total. The molecule has 0 aliphatic carbocycles. The van der Waals surface area contributed by atoms with Gasteiger partial charge in [0.05, 0.1) is 78.0 Å². The van der Waals surface area contributed by atoms with Crippen LogP contribution < -0.4 is 16.8 Å². The number of anilines is 2. The topological polar surface area (TPSA) is 187 Å². The first-order valence-corrected chi connectivity index (χ1v) is 17.1. The molecule has 0 bridgehead atoms. The molecule has 5 N–H and O–H groups in total. The Bertz CT molecular complexity index is 1770. The summed E-state index contributed by atoms with van der Waals surface area (Å²) < 4.78 is 34.6. The van der Waals surface area contributed by atoms with Crippen molar-refractivity contribution >= 4 is 34.7 Å². The molecule has 268 valence electrons. The number of ether oxygens (including phenoxy) is 5. The molecule has 2 aromatic carbocycles. The molecule has 0 atom stereocenters. The Morgan fingerprint density at radius 2 is 1.62 bits per heavy atom. The van der Waals surface area contributed by atoms with Gasteiger partial charge in [0.25, 0.3) is 6.01 Å². The fourth-order valence-corrected chi connectivity index (χ4v) is 6.00. The van der Waals surface area contributed by atoms with Gasteiger partial charge in [-0.2, -0.15) is 10.1 Å². The molecule has 2 aliphatic heterocycles. The molecule has 0 radical (unpaired) electrons. The Morgan fingerprint density at radius 3 is 2.36 bits per heavy atom. The number of carbonyl (C=O) groups is 1. The van der Waals surface area contributed by atoms with Crippen molar-refractivity contribution in [3.63, 3.8) is 0 Å². The van der Waals surface area contributed by atoms with Gasteiger partial charge in [0, 0.05) is 25.3 Å². The SMILES string of the molecule is CCOCCOCCOCCOCCOCCC(=O)N1CCc2cc(Cn3nc(-c4ccc5oc(N)nc5c4)c4c3NCN=C4N)ccc2C1. The third-order valence-electron chi connectivity index (χ3n) is 8.50. The van der Waals surface area contributed by atoms with Crippen LogP contribution in [0.3, 0.4) is 0 Å². The van der Waals surface area contributed by atoms with Crippen LogP contribution in [0, 0.1) is 0 Å². The molecule has 0 fully saturated rings. The average Bonchev–Trinajstić information content (AvgIpc) is 3.69. The summed E-state index contributed by atoms with van der Waals surface area (Å²) in [6.07, 6.45) is 1.12. The summed E-state index contributed by atoms with van der Waals surface area (Å²) in [5, 5.41) is 8.31. The Hall–Kier alpha value is -4.54. The smallest absolute Gasteiger partial charge is 0.292 e. The van der Waals surface area contributed by atoms with Gasteiger partial charge >= 0.3 is 0 Å². The van der Waals surface area contributed by atoms with Crippen LogP contribution in [0.5, 0.6) is 0 Å². The number of fused-ring (bicyclic) bond motifs is 3. The minimum absolute atomic E-state index is 0.0880. The molecule has 0 saturated carbocycles. The predicted molar refractivity (Wildman–Crippen MR) is 188 cm³/mol. The molecule has 4 heterocycles. The number of nitrogens with one attached hydrogen (secondary N) is 1. The van der Waals surface area contributed by atoms with Gasteiger partial charge in [-0.3, -0.25) is 4.79 Å². The second-order valence-corrected chi connectivity index (χ2v) is 11.9. The Morgan fingerprint density at radius 1 is 0.900 bits per heavy atom. The number of amidine groups is 1. The van der Waals surface area contributed by atoms with Gasteiger partial charge in [0.2, 0.25) is 5.91 Å². The summed E-state index contributed by atoms with van der Waals surface area (Å²) in [4.78, 5) is 23.5. The number of benzene rings is 2. The van der Waals surface area contributed by atoms with E-state index in [1.807, 2.05) is 34.7 Å². The zero-order valence-electron chi connectivity index (χ0n) is 28.5. The second-order valence-electron chi connectivity index (χ2n) is 11.9. The van der Waals surface area contributed by atoms with E-state index in [1.54, 1.807) is 0 Å². The number of rotatable bonds is 19. The Balaban J connectivity index is 0.943. The van der Waals surface area contributed by atoms with Crippen molar-refractivity contribution in [3.8, 4) is 11.3 Å². The fraction of sp³-hybridized carbons (Fsp3) is 0.486. The molecule has 2 aliphatic rings. The number of carbonyl (C=O) groups excluding carboxylic acids is 1. The first-order valence-electron chi connectivity index (χ1n) is 17.1. The molecular weight excluding hydrogens is 644 g/mol. The van der Waals surface area contributed by atoms with Crippen LogP contribution in [0.1, 0.15) is 35.6 Å². The van der Waals surface area contributed by atoms with Crippen molar-refractivity contribution in [1.29, 1.82) is 0 Å². The maximum absolute atomic E-state index is 12.9. The standard InChI is InChI=1S/C35H46N8O7/c1-2-45-11-12-47-15-16-49-18-17-48-14-13-46-10-8-30(44)42-9-7-25-19-24(3-4-27(25)22-42)21-43-34-31(33(36)38-23-39-34)32(41-43)26-5-6-29-28(20-26)40-35(37)50-29/h3-6,19-20,39H,2,7-18,21-23H2,1H3,(H2,36,38)(H2,37,40). The lowest BCUT2D eigenvalue weighted by Crippen LogP contribution is -2.36. The molecule has 4 aromatic rings. The van der Waals surface area contributed by atoms with E-state index < -0.39 is 0 Å². The maximum Gasteiger partial charge on any atom is 0.292 e. The van der Waals surface area contributed by atoms with E-state index in [1.165, 1.54) is 5.56 Å². The number of amides is 1. The van der Waals surface area contributed by atoms with Crippen LogP contribution in [-0.4, -0.2) is 111 Å². The van der Waals surface area contributed by atoms with Crippen molar-refractivity contribution in [3.05, 3.63) is 58.7 Å². The number of aromatic nitrogens is 3. The summed E-state index contributed by atoms with van der Waals surface area (Å²) >= 11 is 0. The molecule has 15 heteroatoms. The Kier molecular flexibility index (Phi) is 12.3. The van der Waals surface area contributed by atoms with Gasteiger partial charge in [-0.25, -0.2) is 9.67 Å². The van der Waals surface area contributed by atoms with Crippen molar-refractivity contribution < 1.29 is 32.9 Å². The van der Waals surface area contributed by atoms with Gasteiger partial charge in [0.15, 0.2) is 5.58 Å². The van der Waals surface area contributed by atoms with Crippen molar-refractivity contribution in [2.24, 2.45) is 10.7 Å².